The number of aromatic nitrogens is 2. The molecule has 2 aromatic heterocycles. The van der Waals surface area contributed by atoms with Crippen molar-refractivity contribution >= 4 is 17.4 Å². The van der Waals surface area contributed by atoms with Gasteiger partial charge in [0.25, 0.3) is 0 Å². The Labute approximate surface area is 92.8 Å². The summed E-state index contributed by atoms with van der Waals surface area (Å²) in [6, 6.07) is 7.78. The van der Waals surface area contributed by atoms with Gasteiger partial charge in [-0.15, -0.1) is 11.8 Å². The normalized spacial score (nSPS) is 10.1. The number of thioether (sulfide) groups is 1. The highest BCUT2D eigenvalue weighted by Gasteiger charge is 1.96. The topological polar surface area (TPSA) is 51.8 Å². The smallest absolute Gasteiger partial charge is 0.0964 e. The lowest BCUT2D eigenvalue weighted by Gasteiger charge is -2.00. The van der Waals surface area contributed by atoms with Crippen LogP contribution in [0.4, 0.5) is 5.69 Å². The summed E-state index contributed by atoms with van der Waals surface area (Å²) in [6.07, 6.45) is 5.31. The molecule has 0 aliphatic rings. The fourth-order valence-corrected chi connectivity index (χ4v) is 1.89. The van der Waals surface area contributed by atoms with Crippen molar-refractivity contribution in [3.05, 3.63) is 48.4 Å². The van der Waals surface area contributed by atoms with E-state index in [1.165, 1.54) is 5.56 Å². The fourth-order valence-electron chi connectivity index (χ4n) is 1.12. The van der Waals surface area contributed by atoms with E-state index in [4.69, 9.17) is 5.73 Å². The third-order valence-electron chi connectivity index (χ3n) is 1.87. The molecule has 2 N–H and O–H groups in total. The molecule has 3 nitrogen and oxygen atoms in total. The summed E-state index contributed by atoms with van der Waals surface area (Å²) in [4.78, 5) is 8.27. The average molecular weight is 217 g/mol. The molecule has 15 heavy (non-hydrogen) atoms. The van der Waals surface area contributed by atoms with Gasteiger partial charge in [0.05, 0.1) is 16.9 Å². The Morgan fingerprint density at radius 3 is 2.80 bits per heavy atom. The van der Waals surface area contributed by atoms with Crippen molar-refractivity contribution in [3.8, 4) is 0 Å². The fraction of sp³-hybridized carbons (Fsp3) is 0.0909. The molecule has 0 spiro atoms. The van der Waals surface area contributed by atoms with E-state index in [-0.39, 0.29) is 0 Å². The highest BCUT2D eigenvalue weighted by molar-refractivity contribution is 7.98. The quantitative estimate of drug-likeness (QED) is 0.802. The highest BCUT2D eigenvalue weighted by atomic mass is 32.2. The zero-order valence-electron chi connectivity index (χ0n) is 8.13. The molecule has 0 radical (unpaired) electrons. The maximum Gasteiger partial charge on any atom is 0.0964 e. The summed E-state index contributed by atoms with van der Waals surface area (Å²) in [5, 5.41) is 0.980. The lowest BCUT2D eigenvalue weighted by Crippen LogP contribution is -1.87. The summed E-state index contributed by atoms with van der Waals surface area (Å²) in [6.45, 7) is 0. The summed E-state index contributed by atoms with van der Waals surface area (Å²) < 4.78 is 0. The summed E-state index contributed by atoms with van der Waals surface area (Å²) >= 11 is 1.68. The molecule has 2 heterocycles. The van der Waals surface area contributed by atoms with Crippen LogP contribution in [-0.4, -0.2) is 9.97 Å². The van der Waals surface area contributed by atoms with Gasteiger partial charge in [-0.2, -0.15) is 0 Å². The minimum atomic E-state index is 0.695. The number of hydrogen-bond acceptors (Lipinski definition) is 4. The number of nitrogens with zero attached hydrogens (tertiary/aromatic N) is 2. The number of pyridine rings is 2. The lowest BCUT2D eigenvalue weighted by atomic mass is 10.3. The van der Waals surface area contributed by atoms with Crippen molar-refractivity contribution in [3.63, 3.8) is 0 Å². The van der Waals surface area contributed by atoms with Gasteiger partial charge in [-0.1, -0.05) is 6.07 Å². The van der Waals surface area contributed by atoms with E-state index in [0.717, 1.165) is 10.8 Å². The molecule has 0 fully saturated rings. The van der Waals surface area contributed by atoms with Gasteiger partial charge in [-0.05, 0) is 23.8 Å². The Morgan fingerprint density at radius 2 is 2.13 bits per heavy atom. The summed E-state index contributed by atoms with van der Waals surface area (Å²) in [5.74, 6) is 0.880. The van der Waals surface area contributed by atoms with Gasteiger partial charge >= 0.3 is 0 Å². The second kappa shape index (κ2) is 4.79. The SMILES string of the molecule is Nc1ccc(SCc2cccnc2)nc1. The lowest BCUT2D eigenvalue weighted by molar-refractivity contribution is 1.13. The summed E-state index contributed by atoms with van der Waals surface area (Å²) in [5.41, 5.74) is 7.44. The molecule has 0 atom stereocenters. The van der Waals surface area contributed by atoms with E-state index in [2.05, 4.69) is 16.0 Å². The predicted octanol–water partition coefficient (Wildman–Crippen LogP) is 2.35. The standard InChI is InChI=1S/C11H11N3S/c12-10-3-4-11(14-7-10)15-8-9-2-1-5-13-6-9/h1-7H,8,12H2. The third kappa shape index (κ3) is 2.95. The number of anilines is 1. The zero-order chi connectivity index (χ0) is 10.5. The molecule has 0 aliphatic carbocycles. The monoisotopic (exact) mass is 217 g/mol. The largest absolute Gasteiger partial charge is 0.397 e. The van der Waals surface area contributed by atoms with Crippen molar-refractivity contribution in [1.82, 2.24) is 9.97 Å². The first kappa shape index (κ1) is 9.98. The first-order valence-electron chi connectivity index (χ1n) is 4.58. The molecule has 0 bridgehead atoms. The van der Waals surface area contributed by atoms with Crippen LogP contribution in [0, 0.1) is 0 Å². The Morgan fingerprint density at radius 1 is 1.20 bits per heavy atom. The molecule has 0 amide bonds. The Kier molecular flexibility index (Phi) is 3.19. The molecule has 2 aromatic rings. The highest BCUT2D eigenvalue weighted by Crippen LogP contribution is 2.20. The zero-order valence-corrected chi connectivity index (χ0v) is 8.95. The van der Waals surface area contributed by atoms with Crippen LogP contribution in [-0.2, 0) is 5.75 Å². The van der Waals surface area contributed by atoms with E-state index in [1.54, 1.807) is 24.2 Å². The molecule has 0 aromatic carbocycles. The molecule has 0 unspecified atom stereocenters. The first-order valence-corrected chi connectivity index (χ1v) is 5.56. The van der Waals surface area contributed by atoms with Crippen molar-refractivity contribution in [2.24, 2.45) is 0 Å². The van der Waals surface area contributed by atoms with Gasteiger partial charge < -0.3 is 5.73 Å². The molecular weight excluding hydrogens is 206 g/mol. The Balaban J connectivity index is 1.96. The second-order valence-corrected chi connectivity index (χ2v) is 4.08. The first-order chi connectivity index (χ1) is 7.34. The minimum Gasteiger partial charge on any atom is -0.397 e. The number of hydrogen-bond donors (Lipinski definition) is 1. The van der Waals surface area contributed by atoms with E-state index in [9.17, 15) is 0 Å². The molecule has 2 rings (SSSR count). The second-order valence-electron chi connectivity index (χ2n) is 3.08. The maximum atomic E-state index is 5.55. The van der Waals surface area contributed by atoms with Gasteiger partial charge in [0.15, 0.2) is 0 Å². The molecule has 0 saturated heterocycles. The molecule has 4 heteroatoms. The van der Waals surface area contributed by atoms with E-state index in [1.807, 2.05) is 24.4 Å². The van der Waals surface area contributed by atoms with Crippen LogP contribution in [0.1, 0.15) is 5.56 Å². The molecule has 0 aliphatic heterocycles. The Hall–Kier alpha value is -1.55. The van der Waals surface area contributed by atoms with Crippen LogP contribution in [0.5, 0.6) is 0 Å². The van der Waals surface area contributed by atoms with Crippen LogP contribution in [0.3, 0.4) is 0 Å². The van der Waals surface area contributed by atoms with Crippen molar-refractivity contribution in [2.75, 3.05) is 5.73 Å². The molecule has 0 saturated carbocycles. The van der Waals surface area contributed by atoms with Crippen LogP contribution in [0.15, 0.2) is 47.9 Å². The number of nitrogens with two attached hydrogens (primary N) is 1. The minimum absolute atomic E-state index is 0.695. The predicted molar refractivity (Wildman–Crippen MR) is 62.4 cm³/mol. The van der Waals surface area contributed by atoms with E-state index >= 15 is 0 Å². The van der Waals surface area contributed by atoms with Crippen molar-refractivity contribution in [2.45, 2.75) is 10.8 Å². The van der Waals surface area contributed by atoms with Crippen LogP contribution >= 0.6 is 11.8 Å². The number of rotatable bonds is 3. The molecule has 76 valence electrons. The van der Waals surface area contributed by atoms with E-state index < -0.39 is 0 Å². The van der Waals surface area contributed by atoms with Gasteiger partial charge in [0.2, 0.25) is 0 Å². The van der Waals surface area contributed by atoms with E-state index in [0.29, 0.717) is 5.69 Å². The molecular formula is C11H11N3S. The Bertz CT molecular complexity index is 414. The van der Waals surface area contributed by atoms with Gasteiger partial charge in [0, 0.05) is 18.1 Å². The van der Waals surface area contributed by atoms with Gasteiger partial charge in [-0.25, -0.2) is 4.98 Å². The van der Waals surface area contributed by atoms with Crippen LogP contribution in [0.2, 0.25) is 0 Å². The van der Waals surface area contributed by atoms with Crippen molar-refractivity contribution in [1.29, 1.82) is 0 Å². The third-order valence-corrected chi connectivity index (χ3v) is 2.88. The van der Waals surface area contributed by atoms with Crippen molar-refractivity contribution < 1.29 is 0 Å². The average Bonchev–Trinajstić information content (AvgIpc) is 2.30. The summed E-state index contributed by atoms with van der Waals surface area (Å²) in [7, 11) is 0. The van der Waals surface area contributed by atoms with Crippen LogP contribution in [0.25, 0.3) is 0 Å². The number of nitrogen functional groups attached to an aromatic ring is 1. The van der Waals surface area contributed by atoms with Crippen LogP contribution < -0.4 is 5.73 Å². The van der Waals surface area contributed by atoms with Gasteiger partial charge in [0.1, 0.15) is 0 Å². The van der Waals surface area contributed by atoms with Gasteiger partial charge in [-0.3, -0.25) is 4.98 Å². The maximum absolute atomic E-state index is 5.55.